The second-order valence-electron chi connectivity index (χ2n) is 6.12. The van der Waals surface area contributed by atoms with E-state index in [4.69, 9.17) is 10.8 Å². The van der Waals surface area contributed by atoms with Gasteiger partial charge in [0.15, 0.2) is 0 Å². The minimum atomic E-state index is -0.594. The molecule has 118 valence electrons. The van der Waals surface area contributed by atoms with E-state index in [9.17, 15) is 4.79 Å². The molecule has 1 atom stereocenters. The number of hydrogen-bond acceptors (Lipinski definition) is 3. The molecule has 0 bridgehead atoms. The zero-order valence-electron chi connectivity index (χ0n) is 13.4. The van der Waals surface area contributed by atoms with Gasteiger partial charge in [0.25, 0.3) is 0 Å². The van der Waals surface area contributed by atoms with Crippen molar-refractivity contribution in [3.63, 3.8) is 0 Å². The first-order chi connectivity index (χ1) is 9.91. The van der Waals surface area contributed by atoms with Gasteiger partial charge in [0.1, 0.15) is 0 Å². The number of carbonyl (C=O) groups is 1. The molecule has 1 rings (SSSR count). The predicted molar refractivity (Wildman–Crippen MR) is 87.0 cm³/mol. The van der Waals surface area contributed by atoms with Gasteiger partial charge in [0.05, 0.1) is 5.41 Å². The van der Waals surface area contributed by atoms with E-state index in [0.29, 0.717) is 18.2 Å². The second kappa shape index (κ2) is 8.03. The molecular formula is C17H28N2O2. The number of rotatable bonds is 8. The summed E-state index contributed by atoms with van der Waals surface area (Å²) in [6.07, 6.45) is 2.81. The minimum Gasteiger partial charge on any atom is -0.399 e. The highest BCUT2D eigenvalue weighted by molar-refractivity contribution is 5.87. The molecule has 0 heterocycles. The Morgan fingerprint density at radius 1 is 1.29 bits per heavy atom. The van der Waals surface area contributed by atoms with Crippen molar-refractivity contribution < 1.29 is 9.90 Å². The third-order valence-electron chi connectivity index (χ3n) is 3.99. The van der Waals surface area contributed by atoms with Crippen LogP contribution in [0.25, 0.3) is 0 Å². The van der Waals surface area contributed by atoms with Crippen molar-refractivity contribution in [2.75, 3.05) is 18.9 Å². The molecule has 0 saturated carbocycles. The molecule has 4 N–H and O–H groups in total. The number of aliphatic hydroxyl groups excluding tert-OH is 1. The van der Waals surface area contributed by atoms with E-state index in [2.05, 4.69) is 12.2 Å². The second-order valence-corrected chi connectivity index (χ2v) is 6.12. The van der Waals surface area contributed by atoms with E-state index in [0.717, 1.165) is 24.8 Å². The largest absolute Gasteiger partial charge is 0.399 e. The Labute approximate surface area is 127 Å². The fourth-order valence-corrected chi connectivity index (χ4v) is 2.43. The van der Waals surface area contributed by atoms with Gasteiger partial charge in [-0.1, -0.05) is 25.5 Å². The van der Waals surface area contributed by atoms with Gasteiger partial charge in [-0.3, -0.25) is 4.79 Å². The van der Waals surface area contributed by atoms with E-state index in [1.807, 2.05) is 38.1 Å². The van der Waals surface area contributed by atoms with Crippen molar-refractivity contribution >= 4 is 11.6 Å². The van der Waals surface area contributed by atoms with Gasteiger partial charge in [-0.15, -0.1) is 0 Å². The van der Waals surface area contributed by atoms with Crippen LogP contribution in [0, 0.1) is 5.92 Å². The van der Waals surface area contributed by atoms with Gasteiger partial charge >= 0.3 is 0 Å². The Balaban J connectivity index is 2.66. The van der Waals surface area contributed by atoms with Crippen LogP contribution < -0.4 is 11.1 Å². The van der Waals surface area contributed by atoms with Crippen molar-refractivity contribution in [3.8, 4) is 0 Å². The lowest BCUT2D eigenvalue weighted by molar-refractivity contribution is -0.125. The molecule has 1 aromatic rings. The van der Waals surface area contributed by atoms with Crippen molar-refractivity contribution in [1.82, 2.24) is 5.32 Å². The van der Waals surface area contributed by atoms with Crippen molar-refractivity contribution in [3.05, 3.63) is 29.8 Å². The highest BCUT2D eigenvalue weighted by atomic mass is 16.3. The molecule has 0 aliphatic rings. The van der Waals surface area contributed by atoms with Crippen LogP contribution in [0.4, 0.5) is 5.69 Å². The first-order valence-electron chi connectivity index (χ1n) is 7.67. The Bertz CT molecular complexity index is 435. The summed E-state index contributed by atoms with van der Waals surface area (Å²) in [5, 5.41) is 12.1. The molecule has 1 aromatic carbocycles. The molecule has 0 fully saturated rings. The summed E-state index contributed by atoms with van der Waals surface area (Å²) in [6.45, 7) is 6.72. The van der Waals surface area contributed by atoms with Gasteiger partial charge in [0.2, 0.25) is 5.91 Å². The molecule has 0 aliphatic heterocycles. The molecule has 21 heavy (non-hydrogen) atoms. The predicted octanol–water partition coefficient (Wildman–Crippen LogP) is 2.46. The summed E-state index contributed by atoms with van der Waals surface area (Å²) in [4.78, 5) is 12.5. The van der Waals surface area contributed by atoms with Crippen LogP contribution in [0.3, 0.4) is 0 Å². The number of aliphatic hydroxyl groups is 1. The van der Waals surface area contributed by atoms with Gasteiger partial charge in [0, 0.05) is 18.8 Å². The SMILES string of the molecule is CCCC(CCO)CNC(=O)C(C)(C)c1ccc(N)cc1. The van der Waals surface area contributed by atoms with Gasteiger partial charge in [-0.2, -0.15) is 0 Å². The fourth-order valence-electron chi connectivity index (χ4n) is 2.43. The van der Waals surface area contributed by atoms with Crippen LogP contribution in [0.1, 0.15) is 45.6 Å². The Morgan fingerprint density at radius 2 is 1.90 bits per heavy atom. The maximum absolute atomic E-state index is 12.5. The van der Waals surface area contributed by atoms with Gasteiger partial charge in [-0.05, 0) is 50.3 Å². The maximum atomic E-state index is 12.5. The summed E-state index contributed by atoms with van der Waals surface area (Å²) < 4.78 is 0. The average molecular weight is 292 g/mol. The number of anilines is 1. The van der Waals surface area contributed by atoms with E-state index in [1.54, 1.807) is 0 Å². The number of nitrogens with one attached hydrogen (secondary N) is 1. The topological polar surface area (TPSA) is 75.3 Å². The lowest BCUT2D eigenvalue weighted by Gasteiger charge is -2.26. The Kier molecular flexibility index (Phi) is 6.69. The summed E-state index contributed by atoms with van der Waals surface area (Å²) in [5.74, 6) is 0.345. The minimum absolute atomic E-state index is 0.00585. The van der Waals surface area contributed by atoms with Gasteiger partial charge < -0.3 is 16.2 Å². The van der Waals surface area contributed by atoms with Crippen molar-refractivity contribution in [2.45, 2.75) is 45.4 Å². The maximum Gasteiger partial charge on any atom is 0.230 e. The molecule has 1 unspecified atom stereocenters. The van der Waals surface area contributed by atoms with Crippen molar-refractivity contribution in [1.29, 1.82) is 0 Å². The summed E-state index contributed by atoms with van der Waals surface area (Å²) in [7, 11) is 0. The highest BCUT2D eigenvalue weighted by Crippen LogP contribution is 2.24. The number of carbonyl (C=O) groups excluding carboxylic acids is 1. The smallest absolute Gasteiger partial charge is 0.230 e. The fraction of sp³-hybridized carbons (Fsp3) is 0.588. The molecule has 4 heteroatoms. The average Bonchev–Trinajstić information content (AvgIpc) is 2.45. The van der Waals surface area contributed by atoms with Crippen LogP contribution >= 0.6 is 0 Å². The molecule has 1 amide bonds. The standard InChI is InChI=1S/C17H28N2O2/c1-4-5-13(10-11-20)12-19-16(21)17(2,3)14-6-8-15(18)9-7-14/h6-9,13,20H,4-5,10-12,18H2,1-3H3,(H,19,21). The van der Waals surface area contributed by atoms with E-state index in [-0.39, 0.29) is 12.5 Å². The van der Waals surface area contributed by atoms with Crippen LogP contribution in [0.5, 0.6) is 0 Å². The number of hydrogen-bond donors (Lipinski definition) is 3. The van der Waals surface area contributed by atoms with Crippen LogP contribution in [0.2, 0.25) is 0 Å². The van der Waals surface area contributed by atoms with Crippen LogP contribution in [0.15, 0.2) is 24.3 Å². The highest BCUT2D eigenvalue weighted by Gasteiger charge is 2.29. The number of nitrogen functional groups attached to an aromatic ring is 1. The Morgan fingerprint density at radius 3 is 2.43 bits per heavy atom. The first kappa shape index (κ1) is 17.5. The zero-order chi connectivity index (χ0) is 15.9. The molecule has 0 spiro atoms. The summed E-state index contributed by atoms with van der Waals surface area (Å²) in [5.41, 5.74) is 6.74. The molecule has 0 saturated heterocycles. The Hall–Kier alpha value is -1.55. The van der Waals surface area contributed by atoms with Crippen LogP contribution in [-0.4, -0.2) is 24.2 Å². The molecule has 0 aromatic heterocycles. The monoisotopic (exact) mass is 292 g/mol. The first-order valence-corrected chi connectivity index (χ1v) is 7.67. The van der Waals surface area contributed by atoms with Gasteiger partial charge in [-0.25, -0.2) is 0 Å². The molecule has 0 radical (unpaired) electrons. The third kappa shape index (κ3) is 5.05. The summed E-state index contributed by atoms with van der Waals surface area (Å²) in [6, 6.07) is 7.42. The van der Waals surface area contributed by atoms with E-state index < -0.39 is 5.41 Å². The lowest BCUT2D eigenvalue weighted by Crippen LogP contribution is -2.42. The van der Waals surface area contributed by atoms with Crippen molar-refractivity contribution in [2.24, 2.45) is 5.92 Å². The molecular weight excluding hydrogens is 264 g/mol. The zero-order valence-corrected chi connectivity index (χ0v) is 13.4. The molecule has 0 aliphatic carbocycles. The summed E-state index contributed by atoms with van der Waals surface area (Å²) >= 11 is 0. The third-order valence-corrected chi connectivity index (χ3v) is 3.99. The lowest BCUT2D eigenvalue weighted by atomic mass is 9.83. The van der Waals surface area contributed by atoms with Crippen LogP contribution in [-0.2, 0) is 10.2 Å². The van der Waals surface area contributed by atoms with E-state index >= 15 is 0 Å². The quantitative estimate of drug-likeness (QED) is 0.644. The number of nitrogens with two attached hydrogens (primary N) is 1. The van der Waals surface area contributed by atoms with E-state index in [1.165, 1.54) is 0 Å². The number of benzene rings is 1. The molecule has 4 nitrogen and oxygen atoms in total. The number of amides is 1. The normalized spacial score (nSPS) is 13.0.